The maximum atomic E-state index is 12.7. The predicted molar refractivity (Wildman–Crippen MR) is 115 cm³/mol. The molecule has 2 aliphatic carbocycles. The first-order valence-corrected chi connectivity index (χ1v) is 13.3. The van der Waals surface area contributed by atoms with Crippen molar-refractivity contribution < 1.29 is 18.3 Å². The lowest BCUT2D eigenvalue weighted by atomic mass is 9.78. The van der Waals surface area contributed by atoms with Crippen LogP contribution >= 0.6 is 0 Å². The molecular formula is C23H40O4S. The van der Waals surface area contributed by atoms with Crippen molar-refractivity contribution >= 4 is 15.8 Å². The summed E-state index contributed by atoms with van der Waals surface area (Å²) in [6.45, 7) is 2.20. The highest BCUT2D eigenvalue weighted by atomic mass is 32.2. The molecule has 28 heavy (non-hydrogen) atoms. The van der Waals surface area contributed by atoms with Crippen molar-refractivity contribution in [2.24, 2.45) is 23.7 Å². The number of unbranched alkanes of at least 4 members (excludes halogenated alkanes) is 6. The third-order valence-corrected chi connectivity index (χ3v) is 8.67. The van der Waals surface area contributed by atoms with Crippen molar-refractivity contribution in [1.82, 2.24) is 0 Å². The van der Waals surface area contributed by atoms with Crippen LogP contribution in [-0.2, 0) is 14.6 Å². The van der Waals surface area contributed by atoms with Crippen LogP contribution in [0.5, 0.6) is 0 Å². The Labute approximate surface area is 172 Å². The van der Waals surface area contributed by atoms with Crippen molar-refractivity contribution in [2.45, 2.75) is 90.4 Å². The fourth-order valence-electron chi connectivity index (χ4n) is 5.38. The lowest BCUT2D eigenvalue weighted by Gasteiger charge is -2.30. The number of carboxylic acid groups (broad SMARTS) is 1. The van der Waals surface area contributed by atoms with Crippen LogP contribution < -0.4 is 0 Å². The van der Waals surface area contributed by atoms with Crippen LogP contribution in [0.3, 0.4) is 0 Å². The maximum Gasteiger partial charge on any atom is 0.303 e. The molecule has 2 saturated carbocycles. The second kappa shape index (κ2) is 12.0. The van der Waals surface area contributed by atoms with E-state index in [0.29, 0.717) is 41.6 Å². The second-order valence-corrected chi connectivity index (χ2v) is 11.3. The normalized spacial score (nSPS) is 27.0. The van der Waals surface area contributed by atoms with Crippen LogP contribution in [0.15, 0.2) is 12.2 Å². The van der Waals surface area contributed by atoms with Crippen LogP contribution in [0.25, 0.3) is 0 Å². The van der Waals surface area contributed by atoms with E-state index in [4.69, 9.17) is 5.11 Å². The Hall–Kier alpha value is -0.840. The van der Waals surface area contributed by atoms with E-state index < -0.39 is 15.8 Å². The summed E-state index contributed by atoms with van der Waals surface area (Å²) >= 11 is 0. The lowest BCUT2D eigenvalue weighted by molar-refractivity contribution is -0.137. The number of rotatable bonds is 15. The van der Waals surface area contributed by atoms with E-state index in [1.165, 1.54) is 38.5 Å². The lowest BCUT2D eigenvalue weighted by Crippen LogP contribution is -2.30. The van der Waals surface area contributed by atoms with Crippen LogP contribution in [0, 0.1) is 23.7 Å². The highest BCUT2D eigenvalue weighted by molar-refractivity contribution is 7.91. The van der Waals surface area contributed by atoms with E-state index in [1.54, 1.807) is 0 Å². The second-order valence-electron chi connectivity index (χ2n) is 9.04. The van der Waals surface area contributed by atoms with Crippen LogP contribution in [-0.4, -0.2) is 31.0 Å². The zero-order valence-corrected chi connectivity index (χ0v) is 18.5. The van der Waals surface area contributed by atoms with Crippen molar-refractivity contribution in [3.63, 3.8) is 0 Å². The first-order valence-electron chi connectivity index (χ1n) is 11.5. The number of aliphatic carboxylic acids is 1. The van der Waals surface area contributed by atoms with Gasteiger partial charge in [-0.1, -0.05) is 51.2 Å². The Bertz CT molecular complexity index is 596. The summed E-state index contributed by atoms with van der Waals surface area (Å²) in [6, 6.07) is 0. The summed E-state index contributed by atoms with van der Waals surface area (Å²) in [4.78, 5) is 10.6. The number of hydrogen-bond acceptors (Lipinski definition) is 3. The van der Waals surface area contributed by atoms with E-state index in [0.717, 1.165) is 32.1 Å². The fraction of sp³-hybridized carbons (Fsp3) is 0.870. The van der Waals surface area contributed by atoms with Crippen molar-refractivity contribution in [1.29, 1.82) is 0 Å². The number of hydrogen-bond donors (Lipinski definition) is 1. The molecule has 1 N–H and O–H groups in total. The summed E-state index contributed by atoms with van der Waals surface area (Å²) < 4.78 is 25.4. The van der Waals surface area contributed by atoms with Crippen molar-refractivity contribution in [3.8, 4) is 0 Å². The van der Waals surface area contributed by atoms with Crippen molar-refractivity contribution in [3.05, 3.63) is 12.2 Å². The summed E-state index contributed by atoms with van der Waals surface area (Å²) in [5, 5.41) is 8.69. The van der Waals surface area contributed by atoms with E-state index in [-0.39, 0.29) is 6.42 Å². The molecule has 0 saturated heterocycles. The summed E-state index contributed by atoms with van der Waals surface area (Å²) in [5.41, 5.74) is 0. The molecule has 0 aromatic heterocycles. The number of carboxylic acids is 1. The molecule has 0 unspecified atom stereocenters. The largest absolute Gasteiger partial charge is 0.481 e. The first kappa shape index (κ1) is 23.4. The van der Waals surface area contributed by atoms with Crippen molar-refractivity contribution in [2.75, 3.05) is 11.5 Å². The number of sulfone groups is 1. The highest BCUT2D eigenvalue weighted by Gasteiger charge is 2.47. The monoisotopic (exact) mass is 412 g/mol. The topological polar surface area (TPSA) is 71.4 Å². The molecular weight excluding hydrogens is 372 g/mol. The summed E-state index contributed by atoms with van der Waals surface area (Å²) in [5.74, 6) is 2.17. The molecule has 2 bridgehead atoms. The molecule has 0 radical (unpaired) electrons. The Morgan fingerprint density at radius 3 is 2.36 bits per heavy atom. The fourth-order valence-corrected chi connectivity index (χ4v) is 7.29. The third-order valence-electron chi connectivity index (χ3n) is 6.87. The molecule has 0 heterocycles. The predicted octanol–water partition coefficient (Wildman–Crippen LogP) is 5.63. The molecule has 2 aliphatic rings. The molecule has 0 aromatic rings. The van der Waals surface area contributed by atoms with Crippen LogP contribution in [0.4, 0.5) is 0 Å². The van der Waals surface area contributed by atoms with Gasteiger partial charge in [-0.25, -0.2) is 8.42 Å². The maximum absolute atomic E-state index is 12.7. The average molecular weight is 413 g/mol. The number of allylic oxidation sites excluding steroid dienone is 2. The van der Waals surface area contributed by atoms with Gasteiger partial charge in [0.15, 0.2) is 9.84 Å². The van der Waals surface area contributed by atoms with Gasteiger partial charge in [-0.15, -0.1) is 0 Å². The summed E-state index contributed by atoms with van der Waals surface area (Å²) in [7, 11) is -2.95. The van der Waals surface area contributed by atoms with Gasteiger partial charge in [0.05, 0.1) is 11.5 Å². The smallest absolute Gasteiger partial charge is 0.303 e. The van der Waals surface area contributed by atoms with Gasteiger partial charge in [-0.2, -0.15) is 0 Å². The van der Waals surface area contributed by atoms with E-state index in [9.17, 15) is 13.2 Å². The SMILES string of the molecule is CCCCCCCCS(=O)(=O)C[C@@H]1[C@@H]2CC[C@@H](C2)[C@@H]1C/C=C\CCCC(=O)O. The molecule has 5 heteroatoms. The summed E-state index contributed by atoms with van der Waals surface area (Å²) in [6.07, 6.45) is 17.3. The standard InChI is InChI=1S/C23H40O4S/c1-2-3-4-5-8-11-16-28(26,27)18-22-20-15-14-19(17-20)21(22)12-9-6-7-10-13-23(24)25/h6,9,19-22H,2-5,7-8,10-18H2,1H3,(H,24,25)/b9-6-/t19-,20+,21-,22+/m0/s1. The van der Waals surface area contributed by atoms with Crippen LogP contribution in [0.1, 0.15) is 90.4 Å². The Morgan fingerprint density at radius 2 is 1.64 bits per heavy atom. The van der Waals surface area contributed by atoms with Gasteiger partial charge in [0.1, 0.15) is 0 Å². The number of carbonyl (C=O) groups is 1. The molecule has 2 fully saturated rings. The minimum atomic E-state index is -2.95. The first-order chi connectivity index (χ1) is 13.4. The highest BCUT2D eigenvalue weighted by Crippen LogP contribution is 2.54. The third kappa shape index (κ3) is 7.88. The van der Waals surface area contributed by atoms with Crippen LogP contribution in [0.2, 0.25) is 0 Å². The Balaban J connectivity index is 1.76. The minimum Gasteiger partial charge on any atom is -0.481 e. The molecule has 0 spiro atoms. The average Bonchev–Trinajstić information content (AvgIpc) is 3.23. The Morgan fingerprint density at radius 1 is 0.964 bits per heavy atom. The van der Waals surface area contributed by atoms with Gasteiger partial charge in [0.2, 0.25) is 0 Å². The molecule has 162 valence electrons. The number of fused-ring (bicyclic) bond motifs is 2. The minimum absolute atomic E-state index is 0.220. The molecule has 2 rings (SSSR count). The van der Waals surface area contributed by atoms with E-state index in [2.05, 4.69) is 19.1 Å². The van der Waals surface area contributed by atoms with Gasteiger partial charge in [0, 0.05) is 6.42 Å². The zero-order chi connectivity index (χ0) is 20.4. The van der Waals surface area contributed by atoms with Gasteiger partial charge in [0.25, 0.3) is 0 Å². The van der Waals surface area contributed by atoms with E-state index in [1.807, 2.05) is 0 Å². The molecule has 0 aromatic carbocycles. The van der Waals surface area contributed by atoms with Gasteiger partial charge in [-0.05, 0) is 68.6 Å². The van der Waals surface area contributed by atoms with Gasteiger partial charge in [-0.3, -0.25) is 4.79 Å². The quantitative estimate of drug-likeness (QED) is 0.280. The Kier molecular flexibility index (Phi) is 10.0. The van der Waals surface area contributed by atoms with Gasteiger partial charge < -0.3 is 5.11 Å². The van der Waals surface area contributed by atoms with Gasteiger partial charge >= 0.3 is 5.97 Å². The molecule has 4 atom stereocenters. The molecule has 4 nitrogen and oxygen atoms in total. The molecule has 0 aliphatic heterocycles. The molecule has 0 amide bonds. The zero-order valence-electron chi connectivity index (χ0n) is 17.7. The van der Waals surface area contributed by atoms with E-state index >= 15 is 0 Å².